The Morgan fingerprint density at radius 3 is 2.76 bits per heavy atom. The highest BCUT2D eigenvalue weighted by Crippen LogP contribution is 2.28. The maximum absolute atomic E-state index is 12.7. The number of rotatable bonds is 5. The summed E-state index contributed by atoms with van der Waals surface area (Å²) in [5, 5.41) is 4.65. The minimum absolute atomic E-state index is 0.275. The van der Waals surface area contributed by atoms with Crippen LogP contribution >= 0.6 is 23.2 Å². The molecule has 0 saturated carbocycles. The monoisotopic (exact) mass is 374 g/mol. The van der Waals surface area contributed by atoms with Crippen molar-refractivity contribution in [2.75, 3.05) is 11.9 Å². The second-order valence-corrected chi connectivity index (χ2v) is 6.22. The Kier molecular flexibility index (Phi) is 5.53. The van der Waals surface area contributed by atoms with E-state index in [0.29, 0.717) is 27.9 Å². The van der Waals surface area contributed by atoms with E-state index in [2.05, 4.69) is 10.3 Å². The molecule has 3 rings (SSSR count). The molecule has 4 nitrogen and oxygen atoms in total. The van der Waals surface area contributed by atoms with Gasteiger partial charge in [-0.2, -0.15) is 0 Å². The first-order chi connectivity index (χ1) is 12.1. The largest absolute Gasteiger partial charge is 0.364 e. The average Bonchev–Trinajstić information content (AvgIpc) is 2.62. The summed E-state index contributed by atoms with van der Waals surface area (Å²) in [6.45, 7) is 2.22. The quantitative estimate of drug-likeness (QED) is 0.662. The van der Waals surface area contributed by atoms with Crippen LogP contribution in [0.2, 0.25) is 10.0 Å². The summed E-state index contributed by atoms with van der Waals surface area (Å²) >= 11 is 12.0. The lowest BCUT2D eigenvalue weighted by Gasteiger charge is -2.18. The number of aromatic nitrogens is 1. The van der Waals surface area contributed by atoms with Crippen molar-refractivity contribution in [3.05, 3.63) is 70.3 Å². The Labute approximate surface area is 155 Å². The lowest BCUT2D eigenvalue weighted by Crippen LogP contribution is -2.23. The van der Waals surface area contributed by atoms with Crippen molar-refractivity contribution >= 4 is 45.7 Å². The Morgan fingerprint density at radius 2 is 2.00 bits per heavy atom. The van der Waals surface area contributed by atoms with Crippen molar-refractivity contribution in [3.63, 3.8) is 0 Å². The van der Waals surface area contributed by atoms with Gasteiger partial charge in [-0.15, -0.1) is 0 Å². The second-order valence-electron chi connectivity index (χ2n) is 5.41. The zero-order chi connectivity index (χ0) is 17.8. The van der Waals surface area contributed by atoms with Gasteiger partial charge >= 0.3 is 0 Å². The summed E-state index contributed by atoms with van der Waals surface area (Å²) in [7, 11) is 0. The molecule has 0 aliphatic rings. The summed E-state index contributed by atoms with van der Waals surface area (Å²) < 4.78 is 5.62. The molecule has 0 spiro atoms. The summed E-state index contributed by atoms with van der Waals surface area (Å²) in [6, 6.07) is 14.4. The predicted octanol–water partition coefficient (Wildman–Crippen LogP) is 5.26. The van der Waals surface area contributed by atoms with Gasteiger partial charge in [0.15, 0.2) is 6.10 Å². The van der Waals surface area contributed by atoms with E-state index < -0.39 is 6.10 Å². The number of fused-ring (bicyclic) bond motifs is 1. The molecular weight excluding hydrogens is 359 g/mol. The van der Waals surface area contributed by atoms with E-state index in [0.717, 1.165) is 10.9 Å². The third-order valence-electron chi connectivity index (χ3n) is 3.69. The molecule has 1 heterocycles. The number of hydrogen-bond acceptors (Lipinski definition) is 3. The van der Waals surface area contributed by atoms with Crippen LogP contribution in [0.15, 0.2) is 54.7 Å². The van der Waals surface area contributed by atoms with Crippen LogP contribution in [0.5, 0.6) is 0 Å². The number of ether oxygens (including phenoxy) is 1. The van der Waals surface area contributed by atoms with Crippen molar-refractivity contribution in [1.29, 1.82) is 0 Å². The number of nitrogens with one attached hydrogen (secondary N) is 1. The molecular formula is C19H16Cl2N2O2. The van der Waals surface area contributed by atoms with E-state index in [9.17, 15) is 4.79 Å². The third-order valence-corrected chi connectivity index (χ3v) is 4.43. The molecule has 128 valence electrons. The lowest BCUT2D eigenvalue weighted by atomic mass is 10.1. The fraction of sp³-hybridized carbons (Fsp3) is 0.158. The number of carbonyl (C=O) groups excluding carboxylic acids is 1. The van der Waals surface area contributed by atoms with Gasteiger partial charge in [0, 0.05) is 23.9 Å². The molecule has 3 aromatic rings. The number of amides is 1. The first-order valence-corrected chi connectivity index (χ1v) is 8.56. The Balaban J connectivity index is 1.85. The number of halogens is 2. The van der Waals surface area contributed by atoms with Crippen molar-refractivity contribution in [3.8, 4) is 0 Å². The first kappa shape index (κ1) is 17.7. The third kappa shape index (κ3) is 4.10. The number of nitrogens with zero attached hydrogens (tertiary/aromatic N) is 1. The minimum atomic E-state index is -0.774. The molecule has 25 heavy (non-hydrogen) atoms. The highest BCUT2D eigenvalue weighted by Gasteiger charge is 2.22. The van der Waals surface area contributed by atoms with Crippen LogP contribution in [0.1, 0.15) is 18.6 Å². The van der Waals surface area contributed by atoms with E-state index in [1.165, 1.54) is 0 Å². The Morgan fingerprint density at radius 1 is 1.16 bits per heavy atom. The molecule has 0 aliphatic carbocycles. The van der Waals surface area contributed by atoms with Gasteiger partial charge in [-0.25, -0.2) is 0 Å². The van der Waals surface area contributed by atoms with Crippen LogP contribution in [0, 0.1) is 0 Å². The van der Waals surface area contributed by atoms with Crippen LogP contribution in [-0.4, -0.2) is 17.5 Å². The molecule has 0 saturated heterocycles. The number of benzene rings is 2. The summed E-state index contributed by atoms with van der Waals surface area (Å²) in [4.78, 5) is 17.0. The molecule has 1 atom stereocenters. The Hall–Kier alpha value is -2.14. The number of carbonyl (C=O) groups is 1. The SMILES string of the molecule is CCOC(C(=O)Nc1ccc2ncccc2c1)c1ccc(Cl)c(Cl)c1. The van der Waals surface area contributed by atoms with Gasteiger partial charge in [0.05, 0.1) is 15.6 Å². The molecule has 1 amide bonds. The van der Waals surface area contributed by atoms with E-state index in [-0.39, 0.29) is 5.91 Å². The second kappa shape index (κ2) is 7.83. The average molecular weight is 375 g/mol. The number of anilines is 1. The lowest BCUT2D eigenvalue weighted by molar-refractivity contribution is -0.127. The van der Waals surface area contributed by atoms with Crippen molar-refractivity contribution < 1.29 is 9.53 Å². The smallest absolute Gasteiger partial charge is 0.258 e. The van der Waals surface area contributed by atoms with Gasteiger partial charge in [-0.05, 0) is 48.9 Å². The number of hydrogen-bond donors (Lipinski definition) is 1. The van der Waals surface area contributed by atoms with Crippen LogP contribution < -0.4 is 5.32 Å². The summed E-state index contributed by atoms with van der Waals surface area (Å²) in [6.07, 6.45) is 0.958. The predicted molar refractivity (Wildman–Crippen MR) is 101 cm³/mol. The van der Waals surface area contributed by atoms with Gasteiger partial charge in [0.2, 0.25) is 0 Å². The molecule has 1 N–H and O–H groups in total. The van der Waals surface area contributed by atoms with Crippen molar-refractivity contribution in [2.45, 2.75) is 13.0 Å². The summed E-state index contributed by atoms with van der Waals surface area (Å²) in [5.74, 6) is -0.275. The molecule has 1 aromatic heterocycles. The van der Waals surface area contributed by atoms with E-state index in [1.807, 2.05) is 37.3 Å². The molecule has 0 radical (unpaired) electrons. The van der Waals surface area contributed by atoms with Gasteiger partial charge in [0.25, 0.3) is 5.91 Å². The molecule has 0 fully saturated rings. The Bertz CT molecular complexity index is 915. The van der Waals surface area contributed by atoms with Crippen molar-refractivity contribution in [1.82, 2.24) is 4.98 Å². The zero-order valence-electron chi connectivity index (χ0n) is 13.5. The van der Waals surface area contributed by atoms with Crippen LogP contribution in [0.4, 0.5) is 5.69 Å². The van der Waals surface area contributed by atoms with Crippen LogP contribution in [0.3, 0.4) is 0 Å². The van der Waals surface area contributed by atoms with E-state index in [1.54, 1.807) is 24.4 Å². The normalized spacial score (nSPS) is 12.1. The molecule has 1 unspecified atom stereocenters. The fourth-order valence-electron chi connectivity index (χ4n) is 2.53. The standard InChI is InChI=1S/C19H16Cl2N2O2/c1-2-25-18(13-5-7-15(20)16(21)11-13)19(24)23-14-6-8-17-12(10-14)4-3-9-22-17/h3-11,18H,2H2,1H3,(H,23,24). The molecule has 0 bridgehead atoms. The number of pyridine rings is 1. The van der Waals surface area contributed by atoms with E-state index in [4.69, 9.17) is 27.9 Å². The topological polar surface area (TPSA) is 51.2 Å². The highest BCUT2D eigenvalue weighted by molar-refractivity contribution is 6.42. The zero-order valence-corrected chi connectivity index (χ0v) is 15.0. The van der Waals surface area contributed by atoms with Gasteiger partial charge in [-0.1, -0.05) is 35.3 Å². The first-order valence-electron chi connectivity index (χ1n) is 7.80. The van der Waals surface area contributed by atoms with Crippen LogP contribution in [-0.2, 0) is 9.53 Å². The molecule has 2 aromatic carbocycles. The van der Waals surface area contributed by atoms with Gasteiger partial charge in [0.1, 0.15) is 0 Å². The van der Waals surface area contributed by atoms with Crippen molar-refractivity contribution in [2.24, 2.45) is 0 Å². The van der Waals surface area contributed by atoms with Gasteiger partial charge in [-0.3, -0.25) is 9.78 Å². The maximum atomic E-state index is 12.7. The van der Waals surface area contributed by atoms with Gasteiger partial charge < -0.3 is 10.1 Å². The summed E-state index contributed by atoms with van der Waals surface area (Å²) in [5.41, 5.74) is 2.19. The highest BCUT2D eigenvalue weighted by atomic mass is 35.5. The van der Waals surface area contributed by atoms with Crippen LogP contribution in [0.25, 0.3) is 10.9 Å². The fourth-order valence-corrected chi connectivity index (χ4v) is 2.83. The van der Waals surface area contributed by atoms with E-state index >= 15 is 0 Å². The molecule has 0 aliphatic heterocycles. The molecule has 6 heteroatoms. The maximum Gasteiger partial charge on any atom is 0.258 e. The minimum Gasteiger partial charge on any atom is -0.364 e.